The van der Waals surface area contributed by atoms with Crippen molar-refractivity contribution in [3.05, 3.63) is 6.07 Å². The van der Waals surface area contributed by atoms with Gasteiger partial charge in [-0.3, -0.25) is 0 Å². The summed E-state index contributed by atoms with van der Waals surface area (Å²) in [6, 6.07) is 3.87. The van der Waals surface area contributed by atoms with E-state index < -0.39 is 0 Å². The lowest BCUT2D eigenvalue weighted by atomic mass is 10.4. The summed E-state index contributed by atoms with van der Waals surface area (Å²) in [4.78, 5) is 9.92. The van der Waals surface area contributed by atoms with Crippen LogP contribution in [0.25, 0.3) is 0 Å². The van der Waals surface area contributed by atoms with E-state index in [2.05, 4.69) is 21.4 Å². The Labute approximate surface area is 88.7 Å². The second-order valence-electron chi connectivity index (χ2n) is 3.05. The molecule has 0 fully saturated rings. The van der Waals surface area contributed by atoms with Gasteiger partial charge in [-0.2, -0.15) is 15.2 Å². The largest absolute Gasteiger partial charge is 0.373 e. The molecule has 6 nitrogen and oxygen atoms in total. The fraction of sp³-hybridized carbons (Fsp3) is 0.444. The van der Waals surface area contributed by atoms with Crippen LogP contribution in [0.3, 0.4) is 0 Å². The molecule has 0 aliphatic carbocycles. The smallest absolute Gasteiger partial charge is 0.223 e. The van der Waals surface area contributed by atoms with Crippen LogP contribution in [0.4, 0.5) is 17.6 Å². The third-order valence-corrected chi connectivity index (χ3v) is 1.94. The fourth-order valence-corrected chi connectivity index (χ4v) is 1.11. The van der Waals surface area contributed by atoms with Crippen LogP contribution in [0.2, 0.25) is 0 Å². The molecular formula is C9H14N6. The normalized spacial score (nSPS) is 9.40. The SMILES string of the molecule is CNc1cc(N(C)CCC#N)nc(N)n1. The predicted molar refractivity (Wildman–Crippen MR) is 59.5 cm³/mol. The molecule has 0 saturated carbocycles. The molecule has 15 heavy (non-hydrogen) atoms. The van der Waals surface area contributed by atoms with Gasteiger partial charge < -0.3 is 16.0 Å². The quantitative estimate of drug-likeness (QED) is 0.743. The van der Waals surface area contributed by atoms with Crippen molar-refractivity contribution in [3.8, 4) is 6.07 Å². The Morgan fingerprint density at radius 3 is 2.93 bits per heavy atom. The standard InChI is InChI=1S/C9H14N6/c1-12-7-6-8(14-9(11)13-7)15(2)5-3-4-10/h6H,3,5H2,1-2H3,(H3,11,12,13,14). The van der Waals surface area contributed by atoms with Gasteiger partial charge in [-0.05, 0) is 0 Å². The number of rotatable bonds is 4. The van der Waals surface area contributed by atoms with E-state index in [1.807, 2.05) is 11.9 Å². The number of anilines is 3. The van der Waals surface area contributed by atoms with Crippen molar-refractivity contribution in [2.75, 3.05) is 36.6 Å². The average Bonchev–Trinajstić information content (AvgIpc) is 2.24. The van der Waals surface area contributed by atoms with Crippen LogP contribution in [-0.2, 0) is 0 Å². The van der Waals surface area contributed by atoms with Gasteiger partial charge in [0.15, 0.2) is 0 Å². The number of nitrogen functional groups attached to an aromatic ring is 1. The fourth-order valence-electron chi connectivity index (χ4n) is 1.11. The first-order valence-corrected chi connectivity index (χ1v) is 4.57. The Balaban J connectivity index is 2.84. The van der Waals surface area contributed by atoms with Crippen molar-refractivity contribution < 1.29 is 0 Å². The highest BCUT2D eigenvalue weighted by molar-refractivity contribution is 5.51. The number of nitrogens with zero attached hydrogens (tertiary/aromatic N) is 4. The Kier molecular flexibility index (Phi) is 3.68. The number of hydrogen-bond donors (Lipinski definition) is 2. The second-order valence-corrected chi connectivity index (χ2v) is 3.05. The lowest BCUT2D eigenvalue weighted by Crippen LogP contribution is -2.20. The molecule has 0 spiro atoms. The molecule has 0 bridgehead atoms. The minimum Gasteiger partial charge on any atom is -0.373 e. The predicted octanol–water partition coefficient (Wildman–Crippen LogP) is 0.450. The zero-order valence-electron chi connectivity index (χ0n) is 8.86. The molecule has 80 valence electrons. The molecule has 0 aliphatic heterocycles. The Hall–Kier alpha value is -2.03. The van der Waals surface area contributed by atoms with E-state index in [1.165, 1.54) is 0 Å². The zero-order chi connectivity index (χ0) is 11.3. The highest BCUT2D eigenvalue weighted by Crippen LogP contribution is 2.15. The molecule has 0 aliphatic rings. The third-order valence-electron chi connectivity index (χ3n) is 1.94. The van der Waals surface area contributed by atoms with Crippen LogP contribution in [-0.4, -0.2) is 30.6 Å². The summed E-state index contributed by atoms with van der Waals surface area (Å²) >= 11 is 0. The van der Waals surface area contributed by atoms with E-state index in [-0.39, 0.29) is 5.95 Å². The van der Waals surface area contributed by atoms with Crippen LogP contribution in [0, 0.1) is 11.3 Å². The molecule has 1 aromatic rings. The Morgan fingerprint density at radius 1 is 1.60 bits per heavy atom. The highest BCUT2D eigenvalue weighted by Gasteiger charge is 2.05. The van der Waals surface area contributed by atoms with Gasteiger partial charge in [0.1, 0.15) is 11.6 Å². The van der Waals surface area contributed by atoms with Gasteiger partial charge in [-0.15, -0.1) is 0 Å². The first-order chi connectivity index (χ1) is 7.17. The summed E-state index contributed by atoms with van der Waals surface area (Å²) in [6.07, 6.45) is 0.454. The van der Waals surface area contributed by atoms with Gasteiger partial charge in [0.05, 0.1) is 12.5 Å². The number of hydrogen-bond acceptors (Lipinski definition) is 6. The summed E-state index contributed by atoms with van der Waals surface area (Å²) in [7, 11) is 3.62. The number of nitriles is 1. The molecule has 1 heterocycles. The van der Waals surface area contributed by atoms with Crippen molar-refractivity contribution >= 4 is 17.6 Å². The lowest BCUT2D eigenvalue weighted by Gasteiger charge is -2.17. The molecule has 0 radical (unpaired) electrons. The Bertz CT molecular complexity index is 369. The van der Waals surface area contributed by atoms with E-state index in [9.17, 15) is 0 Å². The van der Waals surface area contributed by atoms with Crippen molar-refractivity contribution in [2.45, 2.75) is 6.42 Å². The minimum absolute atomic E-state index is 0.223. The van der Waals surface area contributed by atoms with Gasteiger partial charge in [-0.1, -0.05) is 0 Å². The monoisotopic (exact) mass is 206 g/mol. The summed E-state index contributed by atoms with van der Waals surface area (Å²) in [5, 5.41) is 11.4. The molecule has 1 rings (SSSR count). The molecule has 6 heteroatoms. The molecule has 0 atom stereocenters. The zero-order valence-corrected chi connectivity index (χ0v) is 8.86. The highest BCUT2D eigenvalue weighted by atomic mass is 15.2. The number of aromatic nitrogens is 2. The molecule has 0 aromatic carbocycles. The van der Waals surface area contributed by atoms with E-state index in [0.29, 0.717) is 24.6 Å². The van der Waals surface area contributed by atoms with Crippen LogP contribution < -0.4 is 16.0 Å². The maximum absolute atomic E-state index is 8.47. The topological polar surface area (TPSA) is 90.9 Å². The molecule has 3 N–H and O–H groups in total. The summed E-state index contributed by atoms with van der Waals surface area (Å²) in [6.45, 7) is 0.621. The van der Waals surface area contributed by atoms with E-state index in [0.717, 1.165) is 0 Å². The van der Waals surface area contributed by atoms with Crippen LogP contribution in [0.15, 0.2) is 6.07 Å². The summed E-state index contributed by atoms with van der Waals surface area (Å²) in [5.74, 6) is 1.60. The van der Waals surface area contributed by atoms with E-state index >= 15 is 0 Å². The first-order valence-electron chi connectivity index (χ1n) is 4.57. The molecular weight excluding hydrogens is 192 g/mol. The molecule has 0 unspecified atom stereocenters. The van der Waals surface area contributed by atoms with Crippen molar-refractivity contribution in [2.24, 2.45) is 0 Å². The minimum atomic E-state index is 0.223. The number of nitrogens with two attached hydrogens (primary N) is 1. The second kappa shape index (κ2) is 5.00. The average molecular weight is 206 g/mol. The maximum atomic E-state index is 8.47. The molecule has 1 aromatic heterocycles. The summed E-state index contributed by atoms with van der Waals surface area (Å²) < 4.78 is 0. The maximum Gasteiger partial charge on any atom is 0.223 e. The third kappa shape index (κ3) is 2.98. The van der Waals surface area contributed by atoms with Crippen molar-refractivity contribution in [1.82, 2.24) is 9.97 Å². The van der Waals surface area contributed by atoms with Gasteiger partial charge >= 0.3 is 0 Å². The molecule has 0 amide bonds. The Morgan fingerprint density at radius 2 is 2.33 bits per heavy atom. The van der Waals surface area contributed by atoms with Gasteiger partial charge in [0.25, 0.3) is 0 Å². The van der Waals surface area contributed by atoms with Crippen LogP contribution >= 0.6 is 0 Å². The van der Waals surface area contributed by atoms with Crippen LogP contribution in [0.5, 0.6) is 0 Å². The first kappa shape index (κ1) is 11.0. The molecule has 0 saturated heterocycles. The van der Waals surface area contributed by atoms with Crippen molar-refractivity contribution in [3.63, 3.8) is 0 Å². The van der Waals surface area contributed by atoms with Gasteiger partial charge in [-0.25, -0.2) is 0 Å². The van der Waals surface area contributed by atoms with Gasteiger partial charge in [0.2, 0.25) is 5.95 Å². The van der Waals surface area contributed by atoms with Gasteiger partial charge in [0, 0.05) is 26.7 Å². The lowest BCUT2D eigenvalue weighted by molar-refractivity contribution is 0.882. The van der Waals surface area contributed by atoms with Crippen molar-refractivity contribution in [1.29, 1.82) is 5.26 Å². The number of nitrogens with one attached hydrogen (secondary N) is 1. The van der Waals surface area contributed by atoms with E-state index in [1.54, 1.807) is 13.1 Å². The summed E-state index contributed by atoms with van der Waals surface area (Å²) in [5.41, 5.74) is 5.55. The van der Waals surface area contributed by atoms with Crippen LogP contribution in [0.1, 0.15) is 6.42 Å². The van der Waals surface area contributed by atoms with E-state index in [4.69, 9.17) is 11.0 Å².